The molecule has 0 spiro atoms. The Morgan fingerprint density at radius 2 is 1.92 bits per heavy atom. The molecule has 0 radical (unpaired) electrons. The lowest BCUT2D eigenvalue weighted by Crippen LogP contribution is -2.54. The van der Waals surface area contributed by atoms with Crippen LogP contribution in [0.1, 0.15) is 40.0 Å². The molecule has 0 aromatic heterocycles. The Hall–Kier alpha value is -0.0800. The van der Waals surface area contributed by atoms with E-state index in [4.69, 9.17) is 5.73 Å². The molecular weight excluding hydrogens is 160 g/mol. The normalized spacial score (nSPS) is 22.8. The van der Waals surface area contributed by atoms with Gasteiger partial charge in [-0.25, -0.2) is 0 Å². The fourth-order valence-corrected chi connectivity index (χ4v) is 1.59. The lowest BCUT2D eigenvalue weighted by molar-refractivity contribution is 0.232. The van der Waals surface area contributed by atoms with Crippen molar-refractivity contribution in [3.63, 3.8) is 0 Å². The highest BCUT2D eigenvalue weighted by molar-refractivity contribution is 4.94. The van der Waals surface area contributed by atoms with Gasteiger partial charge in [0.15, 0.2) is 0 Å². The highest BCUT2D eigenvalue weighted by Crippen LogP contribution is 2.28. The van der Waals surface area contributed by atoms with E-state index in [1.165, 1.54) is 19.3 Å². The summed E-state index contributed by atoms with van der Waals surface area (Å²) in [4.78, 5) is 0. The summed E-state index contributed by atoms with van der Waals surface area (Å²) < 4.78 is 0. The lowest BCUT2D eigenvalue weighted by atomic mass is 9.77. The third-order valence-corrected chi connectivity index (χ3v) is 3.43. The van der Waals surface area contributed by atoms with Crippen molar-refractivity contribution in [3.8, 4) is 0 Å². The molecule has 13 heavy (non-hydrogen) atoms. The third-order valence-electron chi connectivity index (χ3n) is 3.43. The molecule has 0 heterocycles. The SMILES string of the molecule is CC(C)C(C)CNCC1(N)CCC1. The molecule has 1 fully saturated rings. The Labute approximate surface area is 82.3 Å². The van der Waals surface area contributed by atoms with Crippen LogP contribution in [0.2, 0.25) is 0 Å². The van der Waals surface area contributed by atoms with Gasteiger partial charge in [0.2, 0.25) is 0 Å². The second-order valence-electron chi connectivity index (χ2n) is 5.07. The zero-order valence-corrected chi connectivity index (χ0v) is 9.27. The zero-order chi connectivity index (χ0) is 9.90. The average Bonchev–Trinajstić information content (AvgIpc) is 2.01. The van der Waals surface area contributed by atoms with Crippen molar-refractivity contribution in [1.82, 2.24) is 5.32 Å². The Balaban J connectivity index is 2.06. The maximum atomic E-state index is 6.10. The Morgan fingerprint density at radius 3 is 2.31 bits per heavy atom. The van der Waals surface area contributed by atoms with Crippen molar-refractivity contribution < 1.29 is 0 Å². The van der Waals surface area contributed by atoms with Crippen molar-refractivity contribution in [2.45, 2.75) is 45.6 Å². The van der Waals surface area contributed by atoms with Gasteiger partial charge >= 0.3 is 0 Å². The number of hydrogen-bond donors (Lipinski definition) is 2. The Kier molecular flexibility index (Phi) is 3.74. The van der Waals surface area contributed by atoms with Crippen molar-refractivity contribution in [2.24, 2.45) is 17.6 Å². The van der Waals surface area contributed by atoms with Crippen LogP contribution in [0.25, 0.3) is 0 Å². The van der Waals surface area contributed by atoms with Crippen molar-refractivity contribution in [2.75, 3.05) is 13.1 Å². The van der Waals surface area contributed by atoms with Gasteiger partial charge < -0.3 is 11.1 Å². The average molecular weight is 184 g/mol. The summed E-state index contributed by atoms with van der Waals surface area (Å²) in [6.07, 6.45) is 3.73. The van der Waals surface area contributed by atoms with Crippen molar-refractivity contribution in [3.05, 3.63) is 0 Å². The number of hydrogen-bond acceptors (Lipinski definition) is 2. The maximum Gasteiger partial charge on any atom is 0.0280 e. The van der Waals surface area contributed by atoms with Gasteiger partial charge in [0, 0.05) is 12.1 Å². The standard InChI is InChI=1S/C11H24N2/c1-9(2)10(3)7-13-8-11(12)5-4-6-11/h9-10,13H,4-8,12H2,1-3H3. The Bertz CT molecular complexity index is 150. The molecule has 2 nitrogen and oxygen atoms in total. The zero-order valence-electron chi connectivity index (χ0n) is 9.27. The van der Waals surface area contributed by atoms with E-state index in [2.05, 4.69) is 26.1 Å². The van der Waals surface area contributed by atoms with Crippen LogP contribution in [0, 0.1) is 11.8 Å². The first-order valence-corrected chi connectivity index (χ1v) is 5.53. The summed E-state index contributed by atoms with van der Waals surface area (Å²) in [6, 6.07) is 0. The van der Waals surface area contributed by atoms with Gasteiger partial charge in [-0.15, -0.1) is 0 Å². The molecule has 1 aliphatic carbocycles. The van der Waals surface area contributed by atoms with Crippen LogP contribution >= 0.6 is 0 Å². The molecule has 0 saturated heterocycles. The highest BCUT2D eigenvalue weighted by Gasteiger charge is 2.31. The molecule has 0 aliphatic heterocycles. The summed E-state index contributed by atoms with van der Waals surface area (Å²) in [5.74, 6) is 1.52. The van der Waals surface area contributed by atoms with Crippen LogP contribution in [0.15, 0.2) is 0 Å². The molecule has 0 amide bonds. The van der Waals surface area contributed by atoms with E-state index in [-0.39, 0.29) is 5.54 Å². The molecule has 2 heteroatoms. The monoisotopic (exact) mass is 184 g/mol. The smallest absolute Gasteiger partial charge is 0.0280 e. The molecular formula is C11H24N2. The van der Waals surface area contributed by atoms with Gasteiger partial charge in [0.1, 0.15) is 0 Å². The van der Waals surface area contributed by atoms with Gasteiger partial charge in [-0.1, -0.05) is 20.8 Å². The minimum Gasteiger partial charge on any atom is -0.324 e. The molecule has 0 aromatic carbocycles. The summed E-state index contributed by atoms with van der Waals surface area (Å²) >= 11 is 0. The van der Waals surface area contributed by atoms with E-state index in [0.717, 1.165) is 24.9 Å². The molecule has 0 aromatic rings. The predicted octanol–water partition coefficient (Wildman–Crippen LogP) is 1.75. The van der Waals surface area contributed by atoms with E-state index in [9.17, 15) is 0 Å². The fraction of sp³-hybridized carbons (Fsp3) is 1.00. The van der Waals surface area contributed by atoms with E-state index in [1.54, 1.807) is 0 Å². The summed E-state index contributed by atoms with van der Waals surface area (Å²) in [5, 5.41) is 3.48. The second-order valence-corrected chi connectivity index (χ2v) is 5.07. The molecule has 1 atom stereocenters. The summed E-state index contributed by atoms with van der Waals surface area (Å²) in [7, 11) is 0. The predicted molar refractivity (Wildman–Crippen MR) is 57.6 cm³/mol. The van der Waals surface area contributed by atoms with Crippen LogP contribution in [0.5, 0.6) is 0 Å². The highest BCUT2D eigenvalue weighted by atomic mass is 14.9. The van der Waals surface area contributed by atoms with Crippen LogP contribution in [0.4, 0.5) is 0 Å². The van der Waals surface area contributed by atoms with Gasteiger partial charge in [-0.05, 0) is 37.6 Å². The molecule has 78 valence electrons. The number of nitrogens with two attached hydrogens (primary N) is 1. The summed E-state index contributed by atoms with van der Waals surface area (Å²) in [6.45, 7) is 8.95. The largest absolute Gasteiger partial charge is 0.324 e. The van der Waals surface area contributed by atoms with Gasteiger partial charge in [0.05, 0.1) is 0 Å². The molecule has 0 bridgehead atoms. The fourth-order valence-electron chi connectivity index (χ4n) is 1.59. The topological polar surface area (TPSA) is 38.0 Å². The molecule has 1 aliphatic rings. The van der Waals surface area contributed by atoms with Crippen LogP contribution < -0.4 is 11.1 Å². The van der Waals surface area contributed by atoms with Gasteiger partial charge in [0.25, 0.3) is 0 Å². The number of rotatable bonds is 5. The van der Waals surface area contributed by atoms with Gasteiger partial charge in [-0.2, -0.15) is 0 Å². The van der Waals surface area contributed by atoms with Crippen LogP contribution in [-0.2, 0) is 0 Å². The maximum absolute atomic E-state index is 6.10. The van der Waals surface area contributed by atoms with Gasteiger partial charge in [-0.3, -0.25) is 0 Å². The van der Waals surface area contributed by atoms with Crippen LogP contribution in [-0.4, -0.2) is 18.6 Å². The first-order valence-electron chi connectivity index (χ1n) is 5.53. The molecule has 1 rings (SSSR count). The first-order chi connectivity index (χ1) is 6.03. The molecule has 3 N–H and O–H groups in total. The van der Waals surface area contributed by atoms with E-state index >= 15 is 0 Å². The minimum absolute atomic E-state index is 0.136. The van der Waals surface area contributed by atoms with E-state index in [0.29, 0.717) is 0 Å². The van der Waals surface area contributed by atoms with Crippen molar-refractivity contribution >= 4 is 0 Å². The molecule has 1 saturated carbocycles. The minimum atomic E-state index is 0.136. The quantitative estimate of drug-likeness (QED) is 0.683. The first kappa shape index (κ1) is 11.0. The Morgan fingerprint density at radius 1 is 1.31 bits per heavy atom. The van der Waals surface area contributed by atoms with E-state index < -0.39 is 0 Å². The lowest BCUT2D eigenvalue weighted by Gasteiger charge is -2.38. The van der Waals surface area contributed by atoms with Crippen LogP contribution in [0.3, 0.4) is 0 Å². The number of nitrogens with one attached hydrogen (secondary N) is 1. The molecule has 1 unspecified atom stereocenters. The summed E-state index contributed by atoms with van der Waals surface area (Å²) in [5.41, 5.74) is 6.24. The van der Waals surface area contributed by atoms with E-state index in [1.807, 2.05) is 0 Å². The van der Waals surface area contributed by atoms with Crippen molar-refractivity contribution in [1.29, 1.82) is 0 Å². The second kappa shape index (κ2) is 4.43. The third kappa shape index (κ3) is 3.28.